The lowest BCUT2D eigenvalue weighted by Crippen LogP contribution is -2.21. The Morgan fingerprint density at radius 2 is 2.00 bits per heavy atom. The Morgan fingerprint density at radius 1 is 1.42 bits per heavy atom. The average molecular weight is 187 g/mol. The Labute approximate surface area is 81.5 Å². The Hall–Kier alpha value is -0.160. The molecular weight excluding hydrogens is 166 g/mol. The first-order chi connectivity index (χ1) is 5.27. The summed E-state index contributed by atoms with van der Waals surface area (Å²) in [6.45, 7) is 6.05. The molecule has 0 aromatic heterocycles. The minimum absolute atomic E-state index is 0. The van der Waals surface area contributed by atoms with Crippen molar-refractivity contribution in [1.29, 1.82) is 5.26 Å². The highest BCUT2D eigenvalue weighted by molar-refractivity contribution is 7.99. The molecule has 0 amide bonds. The van der Waals surface area contributed by atoms with E-state index in [1.807, 2.05) is 25.6 Å². The molecule has 0 bridgehead atoms. The smallest absolute Gasteiger partial charge is 0.0695 e. The first kappa shape index (κ1) is 14.4. The summed E-state index contributed by atoms with van der Waals surface area (Å²) in [5, 5.41) is 8.69. The molecule has 12 heavy (non-hydrogen) atoms. The topological polar surface area (TPSA) is 23.8 Å². The quantitative estimate of drug-likeness (QED) is 0.577. The molecule has 0 spiro atoms. The monoisotopic (exact) mass is 187 g/mol. The minimum Gasteiger partial charge on any atom is -0.198 e. The highest BCUT2D eigenvalue weighted by Gasteiger charge is 2.26. The van der Waals surface area contributed by atoms with Crippen molar-refractivity contribution >= 4 is 11.8 Å². The molecule has 0 aromatic rings. The summed E-state index contributed by atoms with van der Waals surface area (Å²) in [6, 6.07) is 2.36. The van der Waals surface area contributed by atoms with Gasteiger partial charge in [-0.25, -0.2) is 0 Å². The summed E-state index contributed by atoms with van der Waals surface area (Å²) in [5.74, 6) is 2.28. The average Bonchev–Trinajstić information content (AvgIpc) is 2.10. The van der Waals surface area contributed by atoms with Gasteiger partial charge in [0.15, 0.2) is 0 Å². The zero-order chi connectivity index (χ0) is 8.74. The third-order valence-electron chi connectivity index (χ3n) is 1.71. The van der Waals surface area contributed by atoms with Crippen LogP contribution in [-0.2, 0) is 0 Å². The normalized spacial score (nSPS) is 27.2. The fourth-order valence-corrected chi connectivity index (χ4v) is 2.17. The lowest BCUT2D eigenvalue weighted by atomic mass is 9.89. The van der Waals surface area contributed by atoms with Gasteiger partial charge in [-0.1, -0.05) is 21.3 Å². The molecular formula is C10H21NS. The standard InChI is InChI=1S/C7H11NS.C2H6.CH4/c1-7(5-8)3-2-4-9-6-7;1-2;/h2-4,6H2,1H3;1-2H3;1H4. The van der Waals surface area contributed by atoms with Gasteiger partial charge in [-0.15, -0.1) is 0 Å². The van der Waals surface area contributed by atoms with Gasteiger partial charge in [0.05, 0.1) is 11.5 Å². The van der Waals surface area contributed by atoms with Gasteiger partial charge >= 0.3 is 0 Å². The summed E-state index contributed by atoms with van der Waals surface area (Å²) in [4.78, 5) is 0. The van der Waals surface area contributed by atoms with Crippen molar-refractivity contribution in [3.63, 3.8) is 0 Å². The number of nitriles is 1. The summed E-state index contributed by atoms with van der Waals surface area (Å²) < 4.78 is 0. The molecule has 0 radical (unpaired) electrons. The first-order valence-electron chi connectivity index (χ1n) is 4.26. The Morgan fingerprint density at radius 3 is 2.25 bits per heavy atom. The molecule has 2 heteroatoms. The molecule has 72 valence electrons. The molecule has 1 aliphatic rings. The van der Waals surface area contributed by atoms with Gasteiger partial charge in [-0.2, -0.15) is 17.0 Å². The molecule has 1 aliphatic heterocycles. The molecule has 0 N–H and O–H groups in total. The molecule has 1 atom stereocenters. The van der Waals surface area contributed by atoms with Crippen LogP contribution in [0.15, 0.2) is 0 Å². The van der Waals surface area contributed by atoms with Crippen LogP contribution in [-0.4, -0.2) is 11.5 Å². The van der Waals surface area contributed by atoms with Gasteiger partial charge in [0.1, 0.15) is 0 Å². The van der Waals surface area contributed by atoms with E-state index in [4.69, 9.17) is 5.26 Å². The van der Waals surface area contributed by atoms with Crippen LogP contribution in [0.4, 0.5) is 0 Å². The van der Waals surface area contributed by atoms with Crippen molar-refractivity contribution in [3.8, 4) is 6.07 Å². The van der Waals surface area contributed by atoms with E-state index in [0.717, 1.165) is 12.2 Å². The van der Waals surface area contributed by atoms with Gasteiger partial charge in [0.2, 0.25) is 0 Å². The van der Waals surface area contributed by atoms with Crippen LogP contribution in [0.3, 0.4) is 0 Å². The van der Waals surface area contributed by atoms with Crippen LogP contribution in [0.5, 0.6) is 0 Å². The second-order valence-corrected chi connectivity index (χ2v) is 3.93. The van der Waals surface area contributed by atoms with E-state index in [2.05, 4.69) is 13.0 Å². The number of rotatable bonds is 0. The van der Waals surface area contributed by atoms with Crippen LogP contribution in [0.2, 0.25) is 0 Å². The van der Waals surface area contributed by atoms with E-state index in [0.29, 0.717) is 0 Å². The van der Waals surface area contributed by atoms with Crippen LogP contribution in [0.25, 0.3) is 0 Å². The minimum atomic E-state index is -0.0110. The zero-order valence-electron chi connectivity index (χ0n) is 7.68. The third kappa shape index (κ3) is 4.66. The van der Waals surface area contributed by atoms with E-state index in [9.17, 15) is 0 Å². The lowest BCUT2D eigenvalue weighted by molar-refractivity contribution is 0.446. The van der Waals surface area contributed by atoms with E-state index in [1.54, 1.807) is 0 Å². The molecule has 1 nitrogen and oxygen atoms in total. The van der Waals surface area contributed by atoms with Crippen LogP contribution >= 0.6 is 11.8 Å². The predicted octanol–water partition coefficient (Wildman–Crippen LogP) is 3.71. The fourth-order valence-electron chi connectivity index (χ4n) is 1.02. The molecule has 0 aromatic carbocycles. The number of hydrogen-bond acceptors (Lipinski definition) is 2. The van der Waals surface area contributed by atoms with Gasteiger partial charge in [0, 0.05) is 5.75 Å². The van der Waals surface area contributed by atoms with E-state index < -0.39 is 0 Å². The fraction of sp³-hybridized carbons (Fsp3) is 0.900. The summed E-state index contributed by atoms with van der Waals surface area (Å²) in [7, 11) is 0. The zero-order valence-corrected chi connectivity index (χ0v) is 8.50. The predicted molar refractivity (Wildman–Crippen MR) is 58.4 cm³/mol. The molecule has 1 rings (SSSR count). The second-order valence-electron chi connectivity index (χ2n) is 2.83. The highest BCUT2D eigenvalue weighted by atomic mass is 32.2. The van der Waals surface area contributed by atoms with E-state index in [-0.39, 0.29) is 12.8 Å². The third-order valence-corrected chi connectivity index (χ3v) is 3.13. The van der Waals surface area contributed by atoms with Crippen molar-refractivity contribution in [3.05, 3.63) is 0 Å². The largest absolute Gasteiger partial charge is 0.198 e. The van der Waals surface area contributed by atoms with Crippen LogP contribution in [0, 0.1) is 16.7 Å². The molecule has 1 unspecified atom stereocenters. The van der Waals surface area contributed by atoms with Crippen molar-refractivity contribution in [2.75, 3.05) is 11.5 Å². The van der Waals surface area contributed by atoms with Crippen LogP contribution < -0.4 is 0 Å². The number of hydrogen-bond donors (Lipinski definition) is 0. The summed E-state index contributed by atoms with van der Waals surface area (Å²) in [5.41, 5.74) is -0.0110. The van der Waals surface area contributed by atoms with Crippen molar-refractivity contribution in [2.45, 2.75) is 41.0 Å². The maximum absolute atomic E-state index is 8.69. The van der Waals surface area contributed by atoms with Crippen LogP contribution in [0.1, 0.15) is 41.0 Å². The number of thioether (sulfide) groups is 1. The SMILES string of the molecule is C.CC.CC1(C#N)CCCSC1. The highest BCUT2D eigenvalue weighted by Crippen LogP contribution is 2.32. The van der Waals surface area contributed by atoms with Gasteiger partial charge in [-0.3, -0.25) is 0 Å². The van der Waals surface area contributed by atoms with Gasteiger partial charge in [-0.05, 0) is 25.5 Å². The Kier molecular flexibility index (Phi) is 8.97. The van der Waals surface area contributed by atoms with Gasteiger partial charge in [0.25, 0.3) is 0 Å². The maximum Gasteiger partial charge on any atom is 0.0695 e. The van der Waals surface area contributed by atoms with Crippen molar-refractivity contribution in [1.82, 2.24) is 0 Å². The first-order valence-corrected chi connectivity index (χ1v) is 5.41. The van der Waals surface area contributed by atoms with Gasteiger partial charge < -0.3 is 0 Å². The lowest BCUT2D eigenvalue weighted by Gasteiger charge is -2.25. The van der Waals surface area contributed by atoms with E-state index in [1.165, 1.54) is 12.2 Å². The summed E-state index contributed by atoms with van der Waals surface area (Å²) >= 11 is 1.90. The summed E-state index contributed by atoms with van der Waals surface area (Å²) in [6.07, 6.45) is 2.31. The molecule has 1 saturated heterocycles. The van der Waals surface area contributed by atoms with E-state index >= 15 is 0 Å². The molecule has 1 heterocycles. The number of nitrogens with zero attached hydrogens (tertiary/aromatic N) is 1. The second kappa shape index (κ2) is 7.49. The molecule has 1 fully saturated rings. The molecule has 0 saturated carbocycles. The Balaban J connectivity index is 0. The maximum atomic E-state index is 8.69. The van der Waals surface area contributed by atoms with Crippen molar-refractivity contribution < 1.29 is 0 Å². The molecule has 0 aliphatic carbocycles. The Bertz CT molecular complexity index is 131. The van der Waals surface area contributed by atoms with Crippen molar-refractivity contribution in [2.24, 2.45) is 5.41 Å².